The Kier molecular flexibility index (Phi) is 11.1. The normalized spacial score (nSPS) is 11.3. The fourth-order valence-corrected chi connectivity index (χ4v) is 2.15. The molecule has 27 heavy (non-hydrogen) atoms. The molecule has 0 fully saturated rings. The zero-order valence-electron chi connectivity index (χ0n) is 17.3. The van der Waals surface area contributed by atoms with Crippen LogP contribution in [0.15, 0.2) is 41.4 Å². The van der Waals surface area contributed by atoms with E-state index in [-0.39, 0.29) is 41.8 Å². The number of guanidine groups is 1. The number of amides is 1. The molecule has 0 aliphatic heterocycles. The molecular weight excluding hydrogens is 455 g/mol. The van der Waals surface area contributed by atoms with Crippen LogP contribution in [0.1, 0.15) is 26.3 Å². The van der Waals surface area contributed by atoms with Crippen LogP contribution in [0.3, 0.4) is 0 Å². The summed E-state index contributed by atoms with van der Waals surface area (Å²) in [4.78, 5) is 17.7. The highest BCUT2D eigenvalue weighted by atomic mass is 127. The molecule has 1 aromatic rings. The largest absolute Gasteiger partial charge is 0.497 e. The quantitative estimate of drug-likeness (QED) is 0.256. The van der Waals surface area contributed by atoms with Crippen molar-refractivity contribution in [3.8, 4) is 5.75 Å². The van der Waals surface area contributed by atoms with E-state index in [4.69, 9.17) is 4.74 Å². The maximum atomic E-state index is 11.8. The molecule has 0 aliphatic rings. The number of hydrogen-bond donors (Lipinski definition) is 2. The first-order valence-corrected chi connectivity index (χ1v) is 8.67. The van der Waals surface area contributed by atoms with Gasteiger partial charge in [-0.3, -0.25) is 4.79 Å². The van der Waals surface area contributed by atoms with Gasteiger partial charge in [0.2, 0.25) is 5.91 Å². The molecule has 6 nitrogen and oxygen atoms in total. The molecule has 0 radical (unpaired) electrons. The third-order valence-electron chi connectivity index (χ3n) is 3.98. The standard InChI is InChI=1S/C20H32N4O2.HI/c1-15(2)12-21-19(22-13-18(25)24(5)6)23-14-20(3,4)16-9-8-10-17(11-16)26-7;/h8-11H,1,12-14H2,2-7H3,(H2,21,22,23);1H. The van der Waals surface area contributed by atoms with Crippen molar-refractivity contribution in [2.24, 2.45) is 4.99 Å². The van der Waals surface area contributed by atoms with Crippen LogP contribution in [0, 0.1) is 0 Å². The Morgan fingerprint density at radius 3 is 2.52 bits per heavy atom. The summed E-state index contributed by atoms with van der Waals surface area (Å²) in [6.45, 7) is 11.5. The molecule has 1 aromatic carbocycles. The third-order valence-corrected chi connectivity index (χ3v) is 3.98. The molecule has 0 saturated carbocycles. The molecule has 0 unspecified atom stereocenters. The number of carbonyl (C=O) groups is 1. The number of nitrogens with zero attached hydrogens (tertiary/aromatic N) is 2. The minimum atomic E-state index is -0.147. The highest BCUT2D eigenvalue weighted by Crippen LogP contribution is 2.25. The Balaban J connectivity index is 0.00000676. The molecule has 0 bridgehead atoms. The second-order valence-electron chi connectivity index (χ2n) is 7.23. The first kappa shape index (κ1) is 25.2. The lowest BCUT2D eigenvalue weighted by Crippen LogP contribution is -2.44. The van der Waals surface area contributed by atoms with Gasteiger partial charge in [0.15, 0.2) is 5.96 Å². The zero-order chi connectivity index (χ0) is 19.7. The summed E-state index contributed by atoms with van der Waals surface area (Å²) < 4.78 is 5.32. The molecule has 0 aromatic heterocycles. The Hall–Kier alpha value is -1.77. The molecule has 0 aliphatic carbocycles. The summed E-state index contributed by atoms with van der Waals surface area (Å²) in [5, 5.41) is 6.54. The monoisotopic (exact) mass is 488 g/mol. The highest BCUT2D eigenvalue weighted by molar-refractivity contribution is 14.0. The van der Waals surface area contributed by atoms with Crippen molar-refractivity contribution >= 4 is 35.8 Å². The molecular formula is C20H33IN4O2. The number of aliphatic imine (C=N–C) groups is 1. The van der Waals surface area contributed by atoms with Crippen molar-refractivity contribution in [2.75, 3.05) is 40.8 Å². The number of halogens is 1. The van der Waals surface area contributed by atoms with Crippen LogP contribution in [0.2, 0.25) is 0 Å². The summed E-state index contributed by atoms with van der Waals surface area (Å²) in [6.07, 6.45) is 0. The van der Waals surface area contributed by atoms with Crippen LogP contribution >= 0.6 is 24.0 Å². The molecule has 2 N–H and O–H groups in total. The number of likely N-dealkylation sites (N-methyl/N-ethyl adjacent to an activating group) is 1. The van der Waals surface area contributed by atoms with Crippen LogP contribution in [-0.2, 0) is 10.2 Å². The van der Waals surface area contributed by atoms with E-state index in [1.54, 1.807) is 21.2 Å². The van der Waals surface area contributed by atoms with Gasteiger partial charge in [-0.1, -0.05) is 38.1 Å². The number of methoxy groups -OCH3 is 1. The molecule has 0 atom stereocenters. The molecule has 152 valence electrons. The van der Waals surface area contributed by atoms with E-state index in [2.05, 4.69) is 42.1 Å². The van der Waals surface area contributed by atoms with Crippen LogP contribution in [-0.4, -0.2) is 57.6 Å². The Morgan fingerprint density at radius 1 is 1.30 bits per heavy atom. The fourth-order valence-electron chi connectivity index (χ4n) is 2.15. The van der Waals surface area contributed by atoms with E-state index >= 15 is 0 Å². The van der Waals surface area contributed by atoms with Crippen LogP contribution in [0.5, 0.6) is 5.75 Å². The molecule has 1 amide bonds. The average molecular weight is 488 g/mol. The van der Waals surface area contributed by atoms with E-state index < -0.39 is 0 Å². The summed E-state index contributed by atoms with van der Waals surface area (Å²) in [7, 11) is 5.11. The Bertz CT molecular complexity index is 657. The zero-order valence-corrected chi connectivity index (χ0v) is 19.6. The van der Waals surface area contributed by atoms with E-state index in [1.165, 1.54) is 4.90 Å². The van der Waals surface area contributed by atoms with Crippen molar-refractivity contribution in [1.82, 2.24) is 15.5 Å². The topological polar surface area (TPSA) is 66.0 Å². The van der Waals surface area contributed by atoms with Gasteiger partial charge >= 0.3 is 0 Å². The predicted octanol–water partition coefficient (Wildman–Crippen LogP) is 2.79. The number of nitrogens with one attached hydrogen (secondary N) is 2. The molecule has 0 saturated heterocycles. The van der Waals surface area contributed by atoms with Crippen molar-refractivity contribution in [1.29, 1.82) is 0 Å². The molecule has 0 heterocycles. The van der Waals surface area contributed by atoms with Gasteiger partial charge < -0.3 is 20.3 Å². The molecule has 0 spiro atoms. The van der Waals surface area contributed by atoms with Gasteiger partial charge in [0.25, 0.3) is 0 Å². The summed E-state index contributed by atoms with van der Waals surface area (Å²) in [5.74, 6) is 1.38. The Morgan fingerprint density at radius 2 is 1.96 bits per heavy atom. The third kappa shape index (κ3) is 9.12. The Labute approximate surface area is 180 Å². The average Bonchev–Trinajstić information content (AvgIpc) is 2.60. The number of hydrogen-bond acceptors (Lipinski definition) is 3. The van der Waals surface area contributed by atoms with Crippen molar-refractivity contribution < 1.29 is 9.53 Å². The lowest BCUT2D eigenvalue weighted by Gasteiger charge is -2.27. The van der Waals surface area contributed by atoms with E-state index in [0.717, 1.165) is 16.9 Å². The maximum absolute atomic E-state index is 11.8. The second-order valence-corrected chi connectivity index (χ2v) is 7.23. The van der Waals surface area contributed by atoms with Crippen molar-refractivity contribution in [3.63, 3.8) is 0 Å². The lowest BCUT2D eigenvalue weighted by molar-refractivity contribution is -0.127. The number of ether oxygens (including phenoxy) is 1. The molecule has 7 heteroatoms. The van der Waals surface area contributed by atoms with E-state index in [9.17, 15) is 4.79 Å². The number of carbonyl (C=O) groups excluding carboxylic acids is 1. The minimum Gasteiger partial charge on any atom is -0.497 e. The smallest absolute Gasteiger partial charge is 0.243 e. The lowest BCUT2D eigenvalue weighted by atomic mass is 9.84. The van der Waals surface area contributed by atoms with Crippen molar-refractivity contribution in [2.45, 2.75) is 26.2 Å². The van der Waals surface area contributed by atoms with Crippen LogP contribution < -0.4 is 15.4 Å². The maximum Gasteiger partial charge on any atom is 0.243 e. The van der Waals surface area contributed by atoms with Crippen LogP contribution in [0.4, 0.5) is 0 Å². The van der Waals surface area contributed by atoms with E-state index in [1.807, 2.05) is 25.1 Å². The van der Waals surface area contributed by atoms with Gasteiger partial charge in [-0.15, -0.1) is 24.0 Å². The SMILES string of the molecule is C=C(C)CNC(=NCC(=O)N(C)C)NCC(C)(C)c1cccc(OC)c1.I. The predicted molar refractivity (Wildman–Crippen MR) is 123 cm³/mol. The number of rotatable bonds is 8. The van der Waals surface area contributed by atoms with Gasteiger partial charge in [-0.05, 0) is 24.6 Å². The van der Waals surface area contributed by atoms with Gasteiger partial charge in [0.1, 0.15) is 12.3 Å². The molecule has 1 rings (SSSR count). The number of benzene rings is 1. The second kappa shape index (κ2) is 11.8. The van der Waals surface area contributed by atoms with Gasteiger partial charge in [-0.2, -0.15) is 0 Å². The minimum absolute atomic E-state index is 0. The van der Waals surface area contributed by atoms with Gasteiger partial charge in [0, 0.05) is 32.6 Å². The summed E-state index contributed by atoms with van der Waals surface area (Å²) >= 11 is 0. The first-order chi connectivity index (χ1) is 12.2. The summed E-state index contributed by atoms with van der Waals surface area (Å²) in [6, 6.07) is 8.04. The summed E-state index contributed by atoms with van der Waals surface area (Å²) in [5.41, 5.74) is 2.00. The van der Waals surface area contributed by atoms with E-state index in [0.29, 0.717) is 19.0 Å². The first-order valence-electron chi connectivity index (χ1n) is 8.67. The van der Waals surface area contributed by atoms with Gasteiger partial charge in [-0.25, -0.2) is 4.99 Å². The van der Waals surface area contributed by atoms with Crippen LogP contribution in [0.25, 0.3) is 0 Å². The highest BCUT2D eigenvalue weighted by Gasteiger charge is 2.21. The van der Waals surface area contributed by atoms with Crippen molar-refractivity contribution in [3.05, 3.63) is 42.0 Å². The fraction of sp³-hybridized carbons (Fsp3) is 0.500. The van der Waals surface area contributed by atoms with Gasteiger partial charge in [0.05, 0.1) is 7.11 Å².